The molecule has 200 valence electrons. The van der Waals surface area contributed by atoms with Gasteiger partial charge >= 0.3 is 0 Å². The molecule has 1 aliphatic carbocycles. The Morgan fingerprint density at radius 3 is 2.76 bits per heavy atom. The molecule has 3 aromatic rings. The first-order chi connectivity index (χ1) is 18.5. The number of nitrogens with zero attached hydrogens (tertiary/aromatic N) is 4. The maximum absolute atomic E-state index is 12.1. The molecule has 2 N–H and O–H groups in total. The van der Waals surface area contributed by atoms with Crippen LogP contribution in [0.2, 0.25) is 0 Å². The topological polar surface area (TPSA) is 101 Å². The molecular formula is C29H35N5O3S. The van der Waals surface area contributed by atoms with Crippen LogP contribution in [0.3, 0.4) is 0 Å². The molecule has 1 aromatic carbocycles. The van der Waals surface area contributed by atoms with Gasteiger partial charge in [-0.3, -0.25) is 4.90 Å². The van der Waals surface area contributed by atoms with Gasteiger partial charge in [-0.15, -0.1) is 0 Å². The van der Waals surface area contributed by atoms with Crippen molar-refractivity contribution < 1.29 is 14.0 Å². The molecule has 0 unspecified atom stereocenters. The average molecular weight is 534 g/mol. The fourth-order valence-corrected chi connectivity index (χ4v) is 9.51. The molecule has 8 nitrogen and oxygen atoms in total. The second-order valence-electron chi connectivity index (χ2n) is 12.2. The van der Waals surface area contributed by atoms with Crippen molar-refractivity contribution in [1.82, 2.24) is 19.4 Å². The molecule has 5 aliphatic rings. The Hall–Kier alpha value is -2.33. The summed E-state index contributed by atoms with van der Waals surface area (Å²) in [5.74, 6) is 2.93. The third kappa shape index (κ3) is 3.85. The molecule has 5 fully saturated rings. The second-order valence-corrected chi connectivity index (χ2v) is 14.0. The SMILES string of the molecule is Nc1ncnc2c1c(-c1cccc(OCC34CCC(CC3)O4)c1)cn2C1CC(CN2C[C@@H]3C[C@H]2C[S@@+]3[O-])C1. The number of hydrogen-bond acceptors (Lipinski definition) is 7. The van der Waals surface area contributed by atoms with Gasteiger partial charge in [0.1, 0.15) is 46.8 Å². The Balaban J connectivity index is 1.01. The molecule has 6 heterocycles. The van der Waals surface area contributed by atoms with Gasteiger partial charge in [0, 0.05) is 37.3 Å². The van der Waals surface area contributed by atoms with Crippen LogP contribution in [0.1, 0.15) is 51.0 Å². The molecule has 3 atom stereocenters. The molecule has 1 saturated carbocycles. The number of nitrogen functional groups attached to an aromatic ring is 1. The van der Waals surface area contributed by atoms with E-state index in [1.165, 1.54) is 0 Å². The van der Waals surface area contributed by atoms with Crippen LogP contribution in [0, 0.1) is 5.92 Å². The molecule has 0 radical (unpaired) electrons. The van der Waals surface area contributed by atoms with Gasteiger partial charge in [0.05, 0.1) is 17.5 Å². The number of nitrogens with two attached hydrogens (primary N) is 1. The van der Waals surface area contributed by atoms with Crippen molar-refractivity contribution in [2.45, 2.75) is 74.0 Å². The van der Waals surface area contributed by atoms with Gasteiger partial charge in [-0.05, 0) is 73.3 Å². The molecule has 38 heavy (non-hydrogen) atoms. The van der Waals surface area contributed by atoms with Crippen molar-refractivity contribution in [2.75, 3.05) is 31.2 Å². The van der Waals surface area contributed by atoms with Gasteiger partial charge in [0.2, 0.25) is 0 Å². The van der Waals surface area contributed by atoms with Gasteiger partial charge < -0.3 is 24.3 Å². The molecular weight excluding hydrogens is 498 g/mol. The lowest BCUT2D eigenvalue weighted by Gasteiger charge is -2.40. The third-order valence-corrected chi connectivity index (χ3v) is 11.7. The van der Waals surface area contributed by atoms with Gasteiger partial charge in [-0.25, -0.2) is 9.97 Å². The molecule has 0 amide bonds. The van der Waals surface area contributed by atoms with E-state index in [1.807, 2.05) is 6.07 Å². The summed E-state index contributed by atoms with van der Waals surface area (Å²) in [7, 11) is 0. The van der Waals surface area contributed by atoms with E-state index >= 15 is 0 Å². The maximum Gasteiger partial charge on any atom is 0.146 e. The van der Waals surface area contributed by atoms with Crippen LogP contribution >= 0.6 is 0 Å². The predicted octanol–water partition coefficient (Wildman–Crippen LogP) is 3.93. The van der Waals surface area contributed by atoms with E-state index in [1.54, 1.807) is 6.33 Å². The highest BCUT2D eigenvalue weighted by molar-refractivity contribution is 7.92. The summed E-state index contributed by atoms with van der Waals surface area (Å²) in [6.45, 7) is 2.76. The number of hydrogen-bond donors (Lipinski definition) is 1. The Bertz CT molecular complexity index is 1360. The van der Waals surface area contributed by atoms with Gasteiger partial charge in [0.25, 0.3) is 0 Å². The van der Waals surface area contributed by atoms with Crippen molar-refractivity contribution in [3.63, 3.8) is 0 Å². The molecule has 8 rings (SSSR count). The van der Waals surface area contributed by atoms with E-state index < -0.39 is 11.2 Å². The van der Waals surface area contributed by atoms with Crippen molar-refractivity contribution in [2.24, 2.45) is 5.92 Å². The lowest BCUT2D eigenvalue weighted by atomic mass is 9.79. The molecule has 4 saturated heterocycles. The standard InChI is InChI=1S/C29H35N5O3S/c30-27-26-25(19-2-1-3-23(10-19)36-16-29-6-4-22(37-29)5-7-29)14-34(28(26)32-17-31-27)20-8-18(9-20)12-33-13-24-11-21(33)15-38(24)35/h1-3,10,14,17-18,20-22,24H,4-9,11-13,15-16H2,(H2,30,31,32)/t18?,20?,21-,22?,24-,29?,38+/m0/s1. The van der Waals surface area contributed by atoms with Crippen LogP contribution in [-0.4, -0.2) is 72.4 Å². The minimum absolute atomic E-state index is 0.0958. The molecule has 0 spiro atoms. The largest absolute Gasteiger partial charge is 0.616 e. The Morgan fingerprint density at radius 1 is 1.16 bits per heavy atom. The summed E-state index contributed by atoms with van der Waals surface area (Å²) in [5, 5.41) is 1.33. The number of benzene rings is 1. The van der Waals surface area contributed by atoms with Gasteiger partial charge in [-0.2, -0.15) is 0 Å². The molecule has 4 bridgehead atoms. The zero-order valence-electron chi connectivity index (χ0n) is 21.6. The number of aromatic nitrogens is 3. The van der Waals surface area contributed by atoms with Crippen LogP contribution in [-0.2, 0) is 15.9 Å². The van der Waals surface area contributed by atoms with Crippen LogP contribution < -0.4 is 10.5 Å². The normalized spacial score (nSPS) is 35.8. The zero-order valence-corrected chi connectivity index (χ0v) is 22.4. The van der Waals surface area contributed by atoms with E-state index in [2.05, 4.69) is 43.8 Å². The van der Waals surface area contributed by atoms with Crippen molar-refractivity contribution in [1.29, 1.82) is 0 Å². The number of anilines is 1. The maximum atomic E-state index is 12.1. The lowest BCUT2D eigenvalue weighted by molar-refractivity contribution is -0.0198. The zero-order chi connectivity index (χ0) is 25.4. The quantitative estimate of drug-likeness (QED) is 0.459. The third-order valence-electron chi connectivity index (χ3n) is 9.86. The van der Waals surface area contributed by atoms with Gasteiger partial charge in [0.15, 0.2) is 0 Å². The van der Waals surface area contributed by atoms with Crippen molar-refractivity contribution in [3.05, 3.63) is 36.8 Å². The van der Waals surface area contributed by atoms with Crippen LogP contribution in [0.25, 0.3) is 22.2 Å². The van der Waals surface area contributed by atoms with E-state index in [4.69, 9.17) is 15.2 Å². The highest BCUT2D eigenvalue weighted by atomic mass is 32.2. The van der Waals surface area contributed by atoms with Crippen molar-refractivity contribution in [3.8, 4) is 16.9 Å². The Labute approximate surface area is 226 Å². The summed E-state index contributed by atoms with van der Waals surface area (Å²) >= 11 is -0.593. The first kappa shape index (κ1) is 23.5. The number of fused-ring (bicyclic) bond motifs is 5. The lowest BCUT2D eigenvalue weighted by Crippen LogP contribution is -2.45. The summed E-state index contributed by atoms with van der Waals surface area (Å²) in [5.41, 5.74) is 9.37. The first-order valence-corrected chi connectivity index (χ1v) is 15.6. The fourth-order valence-electron chi connectivity index (χ4n) is 7.72. The molecule has 9 heteroatoms. The van der Waals surface area contributed by atoms with E-state index in [9.17, 15) is 4.55 Å². The van der Waals surface area contributed by atoms with Crippen LogP contribution in [0.5, 0.6) is 5.75 Å². The fraction of sp³-hybridized carbons (Fsp3) is 0.586. The van der Waals surface area contributed by atoms with E-state index in [0.717, 1.165) is 91.7 Å². The van der Waals surface area contributed by atoms with Crippen LogP contribution in [0.4, 0.5) is 5.82 Å². The molecule has 2 aromatic heterocycles. The second kappa shape index (κ2) is 8.84. The summed E-state index contributed by atoms with van der Waals surface area (Å²) in [6.07, 6.45) is 12.1. The van der Waals surface area contributed by atoms with E-state index in [0.29, 0.717) is 41.8 Å². The molecule has 4 aliphatic heterocycles. The minimum atomic E-state index is -0.593. The number of ether oxygens (including phenoxy) is 2. The van der Waals surface area contributed by atoms with E-state index in [-0.39, 0.29) is 5.60 Å². The predicted molar refractivity (Wildman–Crippen MR) is 147 cm³/mol. The first-order valence-electron chi connectivity index (χ1n) is 14.2. The highest BCUT2D eigenvalue weighted by Crippen LogP contribution is 2.46. The van der Waals surface area contributed by atoms with Gasteiger partial charge in [-0.1, -0.05) is 12.1 Å². The Kier molecular flexibility index (Phi) is 5.48. The number of rotatable bonds is 7. The van der Waals surface area contributed by atoms with Crippen LogP contribution in [0.15, 0.2) is 36.8 Å². The van der Waals surface area contributed by atoms with Crippen molar-refractivity contribution >= 4 is 28.0 Å². The monoisotopic (exact) mass is 533 g/mol. The minimum Gasteiger partial charge on any atom is -0.616 e. The average Bonchev–Trinajstić information content (AvgIpc) is 3.72. The number of likely N-dealkylation sites (tertiary alicyclic amines) is 1. The Morgan fingerprint density at radius 2 is 2.03 bits per heavy atom. The smallest absolute Gasteiger partial charge is 0.146 e. The summed E-state index contributed by atoms with van der Waals surface area (Å²) in [6, 6.07) is 9.25. The summed E-state index contributed by atoms with van der Waals surface area (Å²) in [4.78, 5) is 11.6. The highest BCUT2D eigenvalue weighted by Gasteiger charge is 2.49. The summed E-state index contributed by atoms with van der Waals surface area (Å²) < 4.78 is 26.9.